The third-order valence-corrected chi connectivity index (χ3v) is 14.3. The molecule has 56 heavy (non-hydrogen) atoms. The highest BCUT2D eigenvalue weighted by atomic mass is 15.0. The molecule has 5 aromatic rings. The molecule has 0 amide bonds. The molecule has 0 bridgehead atoms. The quantitative estimate of drug-likeness (QED) is 0.162. The van der Waals surface area contributed by atoms with Gasteiger partial charge in [0.15, 0.2) is 0 Å². The van der Waals surface area contributed by atoms with Crippen molar-refractivity contribution in [2.75, 3.05) is 11.1 Å². The van der Waals surface area contributed by atoms with E-state index in [1.807, 2.05) is 12.1 Å². The highest BCUT2D eigenvalue weighted by Gasteiger charge is 2.68. The maximum Gasteiger partial charge on any atom is 0.0561 e. The molecule has 1 heterocycles. The Labute approximate surface area is 330 Å². The van der Waals surface area contributed by atoms with Crippen LogP contribution in [0.25, 0.3) is 32.6 Å². The molecule has 8 aliphatic carbocycles. The molecule has 8 aliphatic rings. The first-order valence-electron chi connectivity index (χ1n) is 21.1. The van der Waals surface area contributed by atoms with E-state index in [-0.39, 0.29) is 6.04 Å². The van der Waals surface area contributed by atoms with Crippen LogP contribution >= 0.6 is 0 Å². The molecular weight excluding hydrogens is 681 g/mol. The Morgan fingerprint density at radius 3 is 2.21 bits per heavy atom. The first-order chi connectivity index (χ1) is 27.4. The standard InChI is InChI=1S/C30H28N4.C12H16.C10H8/c31-19-3-7-22(8-4-19)34-28-14-20(32)5-9-23(28)24-10-6-21(15-29(24)34)33-27-12-2-18-16-30(18)25(27)11-1-17-13-26(17)30;1-8-2-3-9-4-5-10-7-12(10)11(9)6-8;1-2-6-10-8-4-3-7-9(10)5-1/h1-7,9-12,14-15,17-18,22,26,33H,8,13,16,31-32H2;3-5,8,10-12H,2,6-7H2,1H3;1-8H. The van der Waals surface area contributed by atoms with Crippen LogP contribution in [-0.2, 0) is 0 Å². The molecule has 0 radical (unpaired) electrons. The van der Waals surface area contributed by atoms with Crippen molar-refractivity contribution < 1.29 is 0 Å². The molecule has 4 heteroatoms. The van der Waals surface area contributed by atoms with E-state index in [0.717, 1.165) is 64.9 Å². The van der Waals surface area contributed by atoms with Crippen LogP contribution in [0.4, 0.5) is 11.4 Å². The average Bonchev–Trinajstić information content (AvgIpc) is 4.14. The Morgan fingerprint density at radius 1 is 0.696 bits per heavy atom. The SMILES string of the molecule is CC1CC=C2C=CC3CC3C2C1.NC1=CCC(n2c3cc(N)ccc3c3ccc(NC4=C5C=CC6CC6C56CC6C=C4)cc32)C=C1.c1ccc2ccccc2c1. The van der Waals surface area contributed by atoms with Gasteiger partial charge in [0.05, 0.1) is 17.1 Å². The van der Waals surface area contributed by atoms with E-state index in [0.29, 0.717) is 5.41 Å². The van der Waals surface area contributed by atoms with Gasteiger partial charge in [0.2, 0.25) is 0 Å². The summed E-state index contributed by atoms with van der Waals surface area (Å²) in [5, 5.41) is 8.92. The average molecular weight is 733 g/mol. The topological polar surface area (TPSA) is 69.0 Å². The van der Waals surface area contributed by atoms with Gasteiger partial charge in [-0.25, -0.2) is 0 Å². The molecule has 0 saturated heterocycles. The van der Waals surface area contributed by atoms with Crippen molar-refractivity contribution in [3.8, 4) is 0 Å². The molecule has 4 nitrogen and oxygen atoms in total. The van der Waals surface area contributed by atoms with Gasteiger partial charge in [0, 0.05) is 39.0 Å². The van der Waals surface area contributed by atoms with Crippen LogP contribution in [0.2, 0.25) is 0 Å². The fourth-order valence-electron chi connectivity index (χ4n) is 11.2. The Bertz CT molecular complexity index is 2560. The molecule has 3 saturated carbocycles. The fraction of sp³-hybridized carbons (Fsp3) is 0.308. The molecule has 4 aromatic carbocycles. The van der Waals surface area contributed by atoms with Crippen molar-refractivity contribution >= 4 is 44.0 Å². The van der Waals surface area contributed by atoms with Crippen LogP contribution in [0.15, 0.2) is 168 Å². The van der Waals surface area contributed by atoms with Crippen molar-refractivity contribution in [3.63, 3.8) is 0 Å². The molecule has 1 aromatic heterocycles. The summed E-state index contributed by atoms with van der Waals surface area (Å²) < 4.78 is 2.42. The first kappa shape index (κ1) is 33.8. The summed E-state index contributed by atoms with van der Waals surface area (Å²) in [4.78, 5) is 0. The Hall–Kier alpha value is -5.48. The van der Waals surface area contributed by atoms with Gasteiger partial charge in [0.1, 0.15) is 0 Å². The zero-order valence-corrected chi connectivity index (χ0v) is 32.3. The van der Waals surface area contributed by atoms with Crippen LogP contribution in [-0.4, -0.2) is 4.57 Å². The summed E-state index contributed by atoms with van der Waals surface area (Å²) in [6.45, 7) is 2.39. The fourth-order valence-corrected chi connectivity index (χ4v) is 11.2. The molecule has 280 valence electrons. The predicted octanol–water partition coefficient (Wildman–Crippen LogP) is 12.2. The highest BCUT2D eigenvalue weighted by Crippen LogP contribution is 2.75. The van der Waals surface area contributed by atoms with Gasteiger partial charge in [-0.1, -0.05) is 116 Å². The summed E-state index contributed by atoms with van der Waals surface area (Å²) in [7, 11) is 0. The maximum absolute atomic E-state index is 6.22. The smallest absolute Gasteiger partial charge is 0.0561 e. The Morgan fingerprint density at radius 2 is 1.45 bits per heavy atom. The number of rotatable bonds is 3. The third kappa shape index (κ3) is 5.79. The molecule has 5 N–H and O–H groups in total. The van der Waals surface area contributed by atoms with E-state index < -0.39 is 0 Å². The Balaban J connectivity index is 0.000000133. The van der Waals surface area contributed by atoms with Crippen LogP contribution in [0.5, 0.6) is 0 Å². The van der Waals surface area contributed by atoms with Gasteiger partial charge >= 0.3 is 0 Å². The minimum atomic E-state index is 0.213. The van der Waals surface area contributed by atoms with Crippen molar-refractivity contribution in [1.29, 1.82) is 0 Å². The van der Waals surface area contributed by atoms with Gasteiger partial charge in [-0.05, 0) is 138 Å². The van der Waals surface area contributed by atoms with E-state index in [4.69, 9.17) is 11.5 Å². The van der Waals surface area contributed by atoms with Gasteiger partial charge in [-0.2, -0.15) is 0 Å². The van der Waals surface area contributed by atoms with Gasteiger partial charge in [-0.3, -0.25) is 0 Å². The van der Waals surface area contributed by atoms with E-state index in [2.05, 4.69) is 150 Å². The van der Waals surface area contributed by atoms with Crippen molar-refractivity contribution in [2.24, 2.45) is 52.6 Å². The molecule has 13 rings (SSSR count). The summed E-state index contributed by atoms with van der Waals surface area (Å²) in [6, 6.07) is 30.0. The lowest BCUT2D eigenvalue weighted by atomic mass is 9.77. The van der Waals surface area contributed by atoms with Gasteiger partial charge in [-0.15, -0.1) is 0 Å². The lowest BCUT2D eigenvalue weighted by Crippen LogP contribution is -2.20. The highest BCUT2D eigenvalue weighted by molar-refractivity contribution is 6.09. The van der Waals surface area contributed by atoms with Gasteiger partial charge in [0.25, 0.3) is 0 Å². The molecule has 1 spiro atoms. The van der Waals surface area contributed by atoms with Gasteiger partial charge < -0.3 is 21.4 Å². The zero-order valence-electron chi connectivity index (χ0n) is 32.3. The lowest BCUT2D eigenvalue weighted by Gasteiger charge is -2.28. The number of nitrogens with zero attached hydrogens (tertiary/aromatic N) is 1. The maximum atomic E-state index is 6.22. The number of nitrogen functional groups attached to an aromatic ring is 1. The third-order valence-electron chi connectivity index (χ3n) is 14.3. The number of hydrogen-bond acceptors (Lipinski definition) is 3. The van der Waals surface area contributed by atoms with Crippen molar-refractivity contribution in [3.05, 3.63) is 168 Å². The van der Waals surface area contributed by atoms with E-state index >= 15 is 0 Å². The molecule has 9 atom stereocenters. The molecule has 0 aliphatic heterocycles. The number of nitrogens with two attached hydrogens (primary N) is 2. The predicted molar refractivity (Wildman–Crippen MR) is 235 cm³/mol. The second kappa shape index (κ2) is 13.0. The number of allylic oxidation sites excluding steroid dienone is 12. The summed E-state index contributed by atoms with van der Waals surface area (Å²) >= 11 is 0. The summed E-state index contributed by atoms with van der Waals surface area (Å²) in [5.74, 6) is 6.35. The lowest BCUT2D eigenvalue weighted by molar-refractivity contribution is 0.370. The molecule has 3 fully saturated rings. The number of nitrogens with one attached hydrogen (secondary N) is 1. The Kier molecular flexibility index (Phi) is 7.88. The summed E-state index contributed by atoms with van der Waals surface area (Å²) in [6.07, 6.45) is 31.1. The second-order valence-electron chi connectivity index (χ2n) is 17.9. The number of benzene rings is 4. The van der Waals surface area contributed by atoms with Crippen LogP contribution in [0, 0.1) is 46.8 Å². The van der Waals surface area contributed by atoms with Crippen LogP contribution in [0.3, 0.4) is 0 Å². The number of fused-ring (bicyclic) bond motifs is 8. The number of aromatic nitrogens is 1. The summed E-state index contributed by atoms with van der Waals surface area (Å²) in [5.41, 5.74) is 22.3. The van der Waals surface area contributed by atoms with Crippen molar-refractivity contribution in [2.45, 2.75) is 51.5 Å². The van der Waals surface area contributed by atoms with Crippen LogP contribution in [0.1, 0.15) is 51.5 Å². The molecule has 9 unspecified atom stereocenters. The number of hydrogen-bond donors (Lipinski definition) is 3. The van der Waals surface area contributed by atoms with E-state index in [1.165, 1.54) is 76.0 Å². The van der Waals surface area contributed by atoms with Crippen molar-refractivity contribution in [1.82, 2.24) is 4.57 Å². The normalized spacial score (nSPS) is 32.0. The number of anilines is 2. The minimum absolute atomic E-state index is 0.213. The molecular formula is C52H52N4. The monoisotopic (exact) mass is 732 g/mol. The second-order valence-corrected chi connectivity index (χ2v) is 17.9. The van der Waals surface area contributed by atoms with E-state index in [9.17, 15) is 0 Å². The zero-order chi connectivity index (χ0) is 37.5. The first-order valence-corrected chi connectivity index (χ1v) is 21.1. The minimum Gasteiger partial charge on any atom is -0.399 e. The van der Waals surface area contributed by atoms with E-state index in [1.54, 1.807) is 5.57 Å². The largest absolute Gasteiger partial charge is 0.399 e. The van der Waals surface area contributed by atoms with Crippen LogP contribution < -0.4 is 16.8 Å².